The van der Waals surface area contributed by atoms with Crippen LogP contribution in [-0.2, 0) is 22.4 Å². The molecule has 2 atom stereocenters. The van der Waals surface area contributed by atoms with Gasteiger partial charge in [-0.25, -0.2) is 4.98 Å². The maximum Gasteiger partial charge on any atom is 0.232 e. The first-order chi connectivity index (χ1) is 12.2. The molecule has 1 amide bonds. The number of aryl methyl sites for hydroxylation is 2. The first-order valence-electron chi connectivity index (χ1n) is 9.62. The fourth-order valence-electron chi connectivity index (χ4n) is 4.75. The summed E-state index contributed by atoms with van der Waals surface area (Å²) in [5, 5.41) is 0.832. The summed E-state index contributed by atoms with van der Waals surface area (Å²) in [5.41, 5.74) is 1.18. The summed E-state index contributed by atoms with van der Waals surface area (Å²) in [6.45, 7) is 4.34. The van der Waals surface area contributed by atoms with Crippen LogP contribution in [0.2, 0.25) is 0 Å². The molecule has 2 saturated carbocycles. The monoisotopic (exact) mass is 358 g/mol. The van der Waals surface area contributed by atoms with Gasteiger partial charge >= 0.3 is 0 Å². The van der Waals surface area contributed by atoms with Gasteiger partial charge in [0.25, 0.3) is 0 Å². The molecule has 5 heteroatoms. The molecular formula is C20H26N2O2S. The van der Waals surface area contributed by atoms with E-state index >= 15 is 0 Å². The number of fused-ring (bicyclic) bond motifs is 3. The standard InChI is InChI=1S/C20H26N2O2S/c1-2-10-22(20-21-16-8-3-4-9-17(16)25-20)19(24)15-11-13-6-5-7-14(12-15)18(13)23/h2,13-15H,1,3-12H2. The van der Waals surface area contributed by atoms with Crippen molar-refractivity contribution < 1.29 is 9.59 Å². The number of hydrogen-bond donors (Lipinski definition) is 0. The third-order valence-electron chi connectivity index (χ3n) is 6.04. The Balaban J connectivity index is 1.56. The molecule has 1 heterocycles. The summed E-state index contributed by atoms with van der Waals surface area (Å²) in [5.74, 6) is 0.743. The van der Waals surface area contributed by atoms with E-state index in [-0.39, 0.29) is 23.7 Å². The molecule has 2 bridgehead atoms. The van der Waals surface area contributed by atoms with E-state index in [1.165, 1.54) is 23.4 Å². The lowest BCUT2D eigenvalue weighted by Crippen LogP contribution is -2.44. The van der Waals surface area contributed by atoms with Gasteiger partial charge in [-0.3, -0.25) is 14.5 Å². The Bertz CT molecular complexity index is 656. The SMILES string of the molecule is C=CCN(C(=O)C1CC2CCCC(C1)C2=O)c1nc2c(s1)CCCC2. The van der Waals surface area contributed by atoms with Crippen LogP contribution in [0.5, 0.6) is 0 Å². The van der Waals surface area contributed by atoms with Crippen molar-refractivity contribution in [3.8, 4) is 0 Å². The van der Waals surface area contributed by atoms with E-state index in [9.17, 15) is 9.59 Å². The Kier molecular flexibility index (Phi) is 4.76. The first-order valence-corrected chi connectivity index (χ1v) is 10.4. The van der Waals surface area contributed by atoms with Crippen molar-refractivity contribution in [2.24, 2.45) is 17.8 Å². The Labute approximate surface area is 153 Å². The van der Waals surface area contributed by atoms with Crippen LogP contribution < -0.4 is 4.90 Å². The second kappa shape index (κ2) is 7.02. The molecular weight excluding hydrogens is 332 g/mol. The second-order valence-electron chi connectivity index (χ2n) is 7.71. The Hall–Kier alpha value is -1.49. The van der Waals surface area contributed by atoms with Crippen LogP contribution >= 0.6 is 11.3 Å². The fraction of sp³-hybridized carbons (Fsp3) is 0.650. The number of amides is 1. The number of nitrogens with zero attached hydrogens (tertiary/aromatic N) is 2. The number of anilines is 1. The molecule has 25 heavy (non-hydrogen) atoms. The summed E-state index contributed by atoms with van der Waals surface area (Å²) < 4.78 is 0. The van der Waals surface area contributed by atoms with E-state index in [4.69, 9.17) is 4.98 Å². The number of Topliss-reactive ketones (excluding diaryl/α,β-unsaturated/α-hetero) is 1. The second-order valence-corrected chi connectivity index (χ2v) is 8.77. The number of carbonyl (C=O) groups is 2. The number of ketones is 1. The van der Waals surface area contributed by atoms with Gasteiger partial charge in [-0.2, -0.15) is 0 Å². The smallest absolute Gasteiger partial charge is 0.232 e. The lowest BCUT2D eigenvalue weighted by atomic mass is 9.67. The van der Waals surface area contributed by atoms with Crippen LogP contribution in [-0.4, -0.2) is 23.2 Å². The highest BCUT2D eigenvalue weighted by Crippen LogP contribution is 2.41. The van der Waals surface area contributed by atoms with Crippen LogP contribution in [0.25, 0.3) is 0 Å². The van der Waals surface area contributed by atoms with E-state index in [0.29, 0.717) is 12.3 Å². The van der Waals surface area contributed by atoms with Crippen molar-refractivity contribution >= 4 is 28.2 Å². The van der Waals surface area contributed by atoms with Gasteiger partial charge in [0, 0.05) is 29.2 Å². The highest BCUT2D eigenvalue weighted by Gasteiger charge is 2.42. The highest BCUT2D eigenvalue weighted by atomic mass is 32.1. The van der Waals surface area contributed by atoms with Crippen molar-refractivity contribution in [1.82, 2.24) is 4.98 Å². The molecule has 1 aromatic heterocycles. The van der Waals surface area contributed by atoms with E-state index in [0.717, 1.165) is 50.1 Å². The summed E-state index contributed by atoms with van der Waals surface area (Å²) >= 11 is 1.68. The molecule has 3 aliphatic rings. The third-order valence-corrected chi connectivity index (χ3v) is 7.22. The maximum atomic E-state index is 13.3. The van der Waals surface area contributed by atoms with Gasteiger partial charge in [0.05, 0.1) is 5.69 Å². The molecule has 134 valence electrons. The van der Waals surface area contributed by atoms with E-state index < -0.39 is 0 Å². The van der Waals surface area contributed by atoms with Crippen molar-refractivity contribution in [2.45, 2.75) is 57.8 Å². The lowest BCUT2D eigenvalue weighted by Gasteiger charge is -2.38. The fourth-order valence-corrected chi connectivity index (χ4v) is 5.91. The summed E-state index contributed by atoms with van der Waals surface area (Å²) in [7, 11) is 0. The first kappa shape index (κ1) is 17.0. The quantitative estimate of drug-likeness (QED) is 0.766. The van der Waals surface area contributed by atoms with Crippen molar-refractivity contribution in [1.29, 1.82) is 0 Å². The van der Waals surface area contributed by atoms with Crippen LogP contribution in [0.1, 0.15) is 55.5 Å². The predicted molar refractivity (Wildman–Crippen MR) is 99.9 cm³/mol. The minimum Gasteiger partial charge on any atom is -0.299 e. The van der Waals surface area contributed by atoms with Crippen molar-refractivity contribution in [2.75, 3.05) is 11.4 Å². The molecule has 4 rings (SSSR count). The van der Waals surface area contributed by atoms with E-state index in [1.807, 2.05) is 4.90 Å². The minimum absolute atomic E-state index is 0.0334. The van der Waals surface area contributed by atoms with Gasteiger partial charge in [-0.15, -0.1) is 17.9 Å². The molecule has 0 saturated heterocycles. The van der Waals surface area contributed by atoms with Gasteiger partial charge in [0.1, 0.15) is 5.78 Å². The minimum atomic E-state index is -0.0334. The molecule has 0 aromatic carbocycles. The average Bonchev–Trinajstić information content (AvgIpc) is 3.02. The van der Waals surface area contributed by atoms with Crippen LogP contribution in [0.15, 0.2) is 12.7 Å². The Morgan fingerprint density at radius 3 is 2.60 bits per heavy atom. The molecule has 4 nitrogen and oxygen atoms in total. The summed E-state index contributed by atoms with van der Waals surface area (Å²) in [6.07, 6.45) is 10.8. The van der Waals surface area contributed by atoms with Crippen molar-refractivity contribution in [3.05, 3.63) is 23.2 Å². The molecule has 2 unspecified atom stereocenters. The van der Waals surface area contributed by atoms with Crippen molar-refractivity contribution in [3.63, 3.8) is 0 Å². The van der Waals surface area contributed by atoms with Gasteiger partial charge < -0.3 is 0 Å². The molecule has 3 aliphatic carbocycles. The summed E-state index contributed by atoms with van der Waals surface area (Å²) in [6, 6.07) is 0. The van der Waals surface area contributed by atoms with Gasteiger partial charge in [0.2, 0.25) is 5.91 Å². The molecule has 0 spiro atoms. The third kappa shape index (κ3) is 3.19. The molecule has 0 N–H and O–H groups in total. The maximum absolute atomic E-state index is 13.3. The van der Waals surface area contributed by atoms with Gasteiger partial charge in [-0.05, 0) is 51.4 Å². The van der Waals surface area contributed by atoms with E-state index in [2.05, 4.69) is 6.58 Å². The highest BCUT2D eigenvalue weighted by molar-refractivity contribution is 7.16. The molecule has 0 radical (unpaired) electrons. The van der Waals surface area contributed by atoms with E-state index in [1.54, 1.807) is 17.4 Å². The number of aromatic nitrogens is 1. The number of thiazole rings is 1. The molecule has 1 aromatic rings. The zero-order valence-corrected chi connectivity index (χ0v) is 15.5. The average molecular weight is 359 g/mol. The van der Waals surface area contributed by atoms with Gasteiger partial charge in [0.15, 0.2) is 5.13 Å². The zero-order valence-electron chi connectivity index (χ0n) is 14.7. The summed E-state index contributed by atoms with van der Waals surface area (Å²) in [4.78, 5) is 33.5. The Morgan fingerprint density at radius 1 is 1.20 bits per heavy atom. The molecule has 0 aliphatic heterocycles. The van der Waals surface area contributed by atoms with Crippen LogP contribution in [0, 0.1) is 17.8 Å². The number of rotatable bonds is 4. The molecule has 2 fully saturated rings. The van der Waals surface area contributed by atoms with Crippen LogP contribution in [0.3, 0.4) is 0 Å². The lowest BCUT2D eigenvalue weighted by molar-refractivity contribution is -0.136. The normalized spacial score (nSPS) is 28.3. The van der Waals surface area contributed by atoms with Crippen LogP contribution in [0.4, 0.5) is 5.13 Å². The number of hydrogen-bond acceptors (Lipinski definition) is 4. The largest absolute Gasteiger partial charge is 0.299 e. The van der Waals surface area contributed by atoms with Gasteiger partial charge in [-0.1, -0.05) is 12.5 Å². The number of carbonyl (C=O) groups excluding carboxylic acids is 2. The topological polar surface area (TPSA) is 50.3 Å². The predicted octanol–water partition coefficient (Wildman–Crippen LogP) is 3.94. The zero-order chi connectivity index (χ0) is 17.4. The Morgan fingerprint density at radius 2 is 1.92 bits per heavy atom.